The third-order valence-corrected chi connectivity index (χ3v) is 13.8. The highest BCUT2D eigenvalue weighted by atomic mass is 16.6. The Bertz CT molecular complexity index is 1700. The van der Waals surface area contributed by atoms with Gasteiger partial charge in [0.2, 0.25) is 0 Å². The quantitative estimate of drug-likeness (QED) is 0.0202. The van der Waals surface area contributed by atoms with Gasteiger partial charge in [0.15, 0.2) is 10.8 Å². The number of aliphatic carboxylic acids is 1. The van der Waals surface area contributed by atoms with Crippen LogP contribution in [0.5, 0.6) is 0 Å². The van der Waals surface area contributed by atoms with Crippen LogP contribution in [0.15, 0.2) is 0 Å². The van der Waals surface area contributed by atoms with Gasteiger partial charge in [0.25, 0.3) is 0 Å². The maximum Gasteiger partial charge on any atom is 0.324 e. The lowest BCUT2D eigenvalue weighted by Gasteiger charge is -2.35. The molecule has 12 nitrogen and oxygen atoms in total. The van der Waals surface area contributed by atoms with Crippen LogP contribution in [0.25, 0.3) is 0 Å². The van der Waals surface area contributed by atoms with Crippen LogP contribution >= 0.6 is 0 Å². The predicted molar refractivity (Wildman–Crippen MR) is 326 cm³/mol. The maximum absolute atomic E-state index is 13.7. The van der Waals surface area contributed by atoms with Crippen LogP contribution in [0, 0.1) is 35.5 Å². The van der Waals surface area contributed by atoms with Crippen LogP contribution in [-0.2, 0) is 52.5 Å². The first kappa shape index (κ1) is 78.0. The molecule has 0 spiro atoms. The highest BCUT2D eigenvalue weighted by Crippen LogP contribution is 2.40. The summed E-state index contributed by atoms with van der Waals surface area (Å²) in [6.07, 6.45) is 45.1. The molecule has 80 heavy (non-hydrogen) atoms. The minimum absolute atomic E-state index is 0.109. The van der Waals surface area contributed by atoms with Crippen LogP contribution < -0.4 is 0 Å². The van der Waals surface area contributed by atoms with Crippen LogP contribution in [0.1, 0.15) is 334 Å². The molecule has 464 valence electrons. The molecule has 0 aromatic rings. The fourth-order valence-electron chi connectivity index (χ4n) is 9.57. The number of carbonyl (C=O) groups is 6. The second kappa shape index (κ2) is 44.5. The first-order chi connectivity index (χ1) is 37.5. The molecular formula is C68H120O12. The number of terminal acetylenes is 2. The van der Waals surface area contributed by atoms with Crippen molar-refractivity contribution in [2.45, 2.75) is 356 Å². The number of hydrogen-bond donors (Lipinski definition) is 1. The highest BCUT2D eigenvalue weighted by Gasteiger charge is 2.51. The summed E-state index contributed by atoms with van der Waals surface area (Å²) >= 11 is 0. The average molecular weight is 1130 g/mol. The van der Waals surface area contributed by atoms with E-state index in [0.29, 0.717) is 38.7 Å². The summed E-state index contributed by atoms with van der Waals surface area (Å²) in [6, 6.07) is 0. The predicted octanol–water partition coefficient (Wildman–Crippen LogP) is 18.1. The van der Waals surface area contributed by atoms with E-state index in [1.165, 1.54) is 0 Å². The van der Waals surface area contributed by atoms with E-state index < -0.39 is 63.1 Å². The summed E-state index contributed by atoms with van der Waals surface area (Å²) in [4.78, 5) is 76.6. The lowest BCUT2D eigenvalue weighted by atomic mass is 9.77. The number of carboxylic acids is 1. The Kier molecular flexibility index (Phi) is 43.4. The zero-order valence-electron chi connectivity index (χ0n) is 53.7. The molecule has 0 bridgehead atoms. The summed E-state index contributed by atoms with van der Waals surface area (Å²) < 4.78 is 28.3. The third kappa shape index (κ3) is 43.6. The molecule has 0 aliphatic rings. The van der Waals surface area contributed by atoms with Gasteiger partial charge in [-0.3, -0.25) is 28.8 Å². The second-order valence-electron chi connectivity index (χ2n) is 26.4. The van der Waals surface area contributed by atoms with Crippen molar-refractivity contribution < 1.29 is 57.6 Å². The molecule has 0 aromatic heterocycles. The summed E-state index contributed by atoms with van der Waals surface area (Å²) in [6.45, 7) is 24.3. The monoisotopic (exact) mass is 1130 g/mol. The molecule has 0 saturated heterocycles. The lowest BCUT2D eigenvalue weighted by molar-refractivity contribution is -0.189. The standard InChI is InChI=1S/C35H62O6.C33H58O6/c1-9-11-12-13-14-16-19-22-25-28-35(31(37)40-33(3,4)5,32(38)41-34(6,7)8)29-26-23-20-17-15-18-21-24-27-30(36)39-10-2;1-8-9-10-11-12-14-17-20-23-26-33(29(36)38-31(2,3)4,30(37)39-32(5,6)7)27-24-21-18-15-13-16-19-22-25-28(34)35/h1H,10-29H2,2-8H3;1H,9-27H2,2-7H3,(H,34,35). The topological polar surface area (TPSA) is 169 Å². The molecule has 0 radical (unpaired) electrons. The Balaban J connectivity index is 0. The van der Waals surface area contributed by atoms with E-state index >= 15 is 0 Å². The molecule has 12 heteroatoms. The maximum atomic E-state index is 13.7. The number of hydrogen-bond acceptors (Lipinski definition) is 11. The fraction of sp³-hybridized carbons (Fsp3) is 0.853. The van der Waals surface area contributed by atoms with E-state index in [-0.39, 0.29) is 12.4 Å². The van der Waals surface area contributed by atoms with Gasteiger partial charge in [-0.2, -0.15) is 0 Å². The number of carbonyl (C=O) groups excluding carboxylic acids is 5. The lowest BCUT2D eigenvalue weighted by Crippen LogP contribution is -2.46. The van der Waals surface area contributed by atoms with Crippen molar-refractivity contribution in [1.29, 1.82) is 0 Å². The van der Waals surface area contributed by atoms with Gasteiger partial charge < -0.3 is 28.8 Å². The molecule has 0 rings (SSSR count). The smallest absolute Gasteiger partial charge is 0.324 e. The van der Waals surface area contributed by atoms with Gasteiger partial charge in [-0.05, 0) is 141 Å². The Morgan fingerprint density at radius 2 is 0.550 bits per heavy atom. The minimum atomic E-state index is -1.29. The molecule has 0 aliphatic heterocycles. The van der Waals surface area contributed by atoms with Crippen molar-refractivity contribution in [3.05, 3.63) is 0 Å². The Labute approximate surface area is 490 Å². The molecule has 0 fully saturated rings. The number of esters is 5. The number of carboxylic acid groups (broad SMARTS) is 1. The largest absolute Gasteiger partial charge is 0.481 e. The third-order valence-electron chi connectivity index (χ3n) is 13.8. The molecule has 0 heterocycles. The van der Waals surface area contributed by atoms with Gasteiger partial charge in [-0.25, -0.2) is 0 Å². The van der Waals surface area contributed by atoms with E-state index in [4.69, 9.17) is 41.6 Å². The van der Waals surface area contributed by atoms with Crippen molar-refractivity contribution in [3.63, 3.8) is 0 Å². The molecular weight excluding hydrogens is 1010 g/mol. The van der Waals surface area contributed by atoms with Crippen LogP contribution in [-0.4, -0.2) is 69.9 Å². The van der Waals surface area contributed by atoms with Crippen molar-refractivity contribution in [2.75, 3.05) is 6.61 Å². The summed E-state index contributed by atoms with van der Waals surface area (Å²) in [5.41, 5.74) is -5.32. The van der Waals surface area contributed by atoms with Crippen molar-refractivity contribution in [1.82, 2.24) is 0 Å². The number of rotatable bonds is 45. The Morgan fingerprint density at radius 3 is 0.762 bits per heavy atom. The molecule has 0 unspecified atom stereocenters. The fourth-order valence-corrected chi connectivity index (χ4v) is 9.57. The normalized spacial score (nSPS) is 12.1. The number of unbranched alkanes of at least 4 members (excludes halogenated alkanes) is 28. The van der Waals surface area contributed by atoms with Gasteiger partial charge >= 0.3 is 35.8 Å². The molecule has 0 amide bonds. The molecule has 0 atom stereocenters. The van der Waals surface area contributed by atoms with Gasteiger partial charge in [0.05, 0.1) is 6.61 Å². The SMILES string of the molecule is C#CCCCCCCCCCC(CCCCCCCCCCC(=O)O)(C(=O)OC(C)(C)C)C(=O)OC(C)(C)C.C#CCCCCCCCCCC(CCCCCCCCCCC(=O)OCC)(C(=O)OC(C)(C)C)C(=O)OC(C)(C)C. The first-order valence-electron chi connectivity index (χ1n) is 31.7. The zero-order valence-corrected chi connectivity index (χ0v) is 53.7. The van der Waals surface area contributed by atoms with Crippen LogP contribution in [0.2, 0.25) is 0 Å². The van der Waals surface area contributed by atoms with E-state index in [0.717, 1.165) is 205 Å². The molecule has 0 aliphatic carbocycles. The first-order valence-corrected chi connectivity index (χ1v) is 31.7. The minimum Gasteiger partial charge on any atom is -0.481 e. The van der Waals surface area contributed by atoms with Crippen molar-refractivity contribution in [3.8, 4) is 24.7 Å². The molecule has 1 N–H and O–H groups in total. The van der Waals surface area contributed by atoms with Crippen LogP contribution in [0.3, 0.4) is 0 Å². The van der Waals surface area contributed by atoms with Crippen molar-refractivity contribution >= 4 is 35.8 Å². The van der Waals surface area contributed by atoms with Crippen LogP contribution in [0.4, 0.5) is 0 Å². The van der Waals surface area contributed by atoms with Gasteiger partial charge in [0.1, 0.15) is 22.4 Å². The summed E-state index contributed by atoms with van der Waals surface area (Å²) in [5.74, 6) is 2.72. The Morgan fingerprint density at radius 1 is 0.338 bits per heavy atom. The van der Waals surface area contributed by atoms with E-state index in [1.54, 1.807) is 0 Å². The van der Waals surface area contributed by atoms with E-state index in [2.05, 4.69) is 11.8 Å². The second-order valence-corrected chi connectivity index (χ2v) is 26.4. The number of ether oxygens (including phenoxy) is 5. The summed E-state index contributed by atoms with van der Waals surface area (Å²) in [5, 5.41) is 8.74. The Hall–Kier alpha value is -4.06. The molecule has 0 aromatic carbocycles. The average Bonchev–Trinajstić information content (AvgIpc) is 3.33. The molecule has 0 saturated carbocycles. The summed E-state index contributed by atoms with van der Waals surface area (Å²) in [7, 11) is 0. The van der Waals surface area contributed by atoms with Gasteiger partial charge in [-0.15, -0.1) is 24.7 Å². The van der Waals surface area contributed by atoms with E-state index in [1.807, 2.05) is 90.0 Å². The van der Waals surface area contributed by atoms with Gasteiger partial charge in [-0.1, -0.05) is 167 Å². The van der Waals surface area contributed by atoms with Gasteiger partial charge in [0, 0.05) is 25.7 Å². The van der Waals surface area contributed by atoms with Crippen molar-refractivity contribution in [2.24, 2.45) is 10.8 Å². The van der Waals surface area contributed by atoms with E-state index in [9.17, 15) is 28.8 Å². The zero-order chi connectivity index (χ0) is 61.0. The highest BCUT2D eigenvalue weighted by molar-refractivity contribution is 6.01.